The minimum absolute atomic E-state index is 0.0973. The summed E-state index contributed by atoms with van der Waals surface area (Å²) in [7, 11) is 0. The van der Waals surface area contributed by atoms with Crippen LogP contribution in [-0.4, -0.2) is 23.9 Å². The lowest BCUT2D eigenvalue weighted by Crippen LogP contribution is -2.16. The number of carbonyl (C=O) groups is 4. The zero-order valence-corrected chi connectivity index (χ0v) is 24.3. The average molecular weight is 573 g/mol. The maximum atomic E-state index is 13.6. The van der Waals surface area contributed by atoms with Crippen LogP contribution in [0.4, 0.5) is 4.39 Å². The highest BCUT2D eigenvalue weighted by atomic mass is 19.1. The van der Waals surface area contributed by atoms with Crippen LogP contribution in [0.25, 0.3) is 0 Å². The van der Waals surface area contributed by atoms with Crippen LogP contribution in [0.5, 0.6) is 17.2 Å². The maximum Gasteiger partial charge on any atom is 0.338 e. The van der Waals surface area contributed by atoms with Crippen molar-refractivity contribution in [3.05, 3.63) is 53.3 Å². The van der Waals surface area contributed by atoms with E-state index in [9.17, 15) is 23.6 Å². The molecule has 0 spiro atoms. The van der Waals surface area contributed by atoms with Gasteiger partial charge in [-0.25, -0.2) is 9.18 Å². The van der Waals surface area contributed by atoms with Crippen molar-refractivity contribution in [1.29, 1.82) is 0 Å². The summed E-state index contributed by atoms with van der Waals surface area (Å²) in [5, 5.41) is 0. The summed E-state index contributed by atoms with van der Waals surface area (Å²) in [5.74, 6) is -3.79. The van der Waals surface area contributed by atoms with Crippen molar-refractivity contribution in [3.63, 3.8) is 0 Å². The zero-order chi connectivity index (χ0) is 30.0. The molecule has 8 nitrogen and oxygen atoms in total. The number of unbranched alkanes of at least 4 members (excludes halogenated alkanes) is 6. The molecule has 41 heavy (non-hydrogen) atoms. The van der Waals surface area contributed by atoms with Gasteiger partial charge in [-0.2, -0.15) is 0 Å². The lowest BCUT2D eigenvalue weighted by atomic mass is 10.1. The summed E-state index contributed by atoms with van der Waals surface area (Å²) in [6.07, 6.45) is 7.28. The second-order valence-corrected chi connectivity index (χ2v) is 9.80. The highest BCUT2D eigenvalue weighted by Crippen LogP contribution is 2.40. The molecule has 9 heteroatoms. The van der Waals surface area contributed by atoms with Crippen molar-refractivity contribution in [2.24, 2.45) is 0 Å². The molecular weight excluding hydrogens is 531 g/mol. The molecule has 0 aliphatic carbocycles. The van der Waals surface area contributed by atoms with E-state index in [0.29, 0.717) is 24.8 Å². The van der Waals surface area contributed by atoms with Gasteiger partial charge in [0, 0.05) is 19.3 Å². The molecule has 224 valence electrons. The Bertz CT molecular complexity index is 1120. The molecular formula is C32H41FO8. The van der Waals surface area contributed by atoms with Crippen molar-refractivity contribution in [3.8, 4) is 17.2 Å². The summed E-state index contributed by atoms with van der Waals surface area (Å²) in [6.45, 7) is 5.79. The number of rotatable bonds is 18. The van der Waals surface area contributed by atoms with E-state index in [4.69, 9.17) is 18.9 Å². The standard InChI is InChI=1S/C32H41FO8/c1-4-7-10-16-28(34)39-26-20-24(32(37)38-22-23-14-13-15-25(33)19-23)21-27(40-29(35)17-11-8-5-2)31(26)41-30(36)18-12-9-6-3/h13-15,19-21H,4-12,16-18,22H2,1-3H3. The monoisotopic (exact) mass is 572 g/mol. The Morgan fingerprint density at radius 1 is 0.659 bits per heavy atom. The van der Waals surface area contributed by atoms with Crippen LogP contribution in [0.1, 0.15) is 114 Å². The SMILES string of the molecule is CCCCCC(=O)Oc1cc(C(=O)OCc2cccc(F)c2)cc(OC(=O)CCCCC)c1OC(=O)CCCCC. The molecule has 2 rings (SSSR count). The molecule has 0 aromatic heterocycles. The van der Waals surface area contributed by atoms with E-state index in [1.165, 1.54) is 30.3 Å². The predicted molar refractivity (Wildman–Crippen MR) is 151 cm³/mol. The van der Waals surface area contributed by atoms with Gasteiger partial charge in [0.25, 0.3) is 0 Å². The first kappa shape index (κ1) is 33.5. The molecule has 0 aliphatic rings. The Morgan fingerprint density at radius 3 is 1.61 bits per heavy atom. The number of benzene rings is 2. The molecule has 0 bridgehead atoms. The third-order valence-corrected chi connectivity index (χ3v) is 6.13. The highest BCUT2D eigenvalue weighted by molar-refractivity contribution is 5.92. The van der Waals surface area contributed by atoms with Gasteiger partial charge in [0.2, 0.25) is 5.75 Å². The molecule has 0 N–H and O–H groups in total. The van der Waals surface area contributed by atoms with E-state index < -0.39 is 29.7 Å². The summed E-state index contributed by atoms with van der Waals surface area (Å²) in [5.41, 5.74) is 0.334. The first-order chi connectivity index (χ1) is 19.8. The van der Waals surface area contributed by atoms with Gasteiger partial charge in [-0.3, -0.25) is 14.4 Å². The van der Waals surface area contributed by atoms with Crippen LogP contribution in [0.2, 0.25) is 0 Å². The minimum Gasteiger partial charge on any atom is -0.457 e. The Balaban J connectivity index is 2.42. The van der Waals surface area contributed by atoms with Crippen molar-refractivity contribution in [2.45, 2.75) is 104 Å². The summed E-state index contributed by atoms with van der Waals surface area (Å²) in [4.78, 5) is 51.0. The summed E-state index contributed by atoms with van der Waals surface area (Å²) in [6, 6.07) is 8.04. The number of halogens is 1. The van der Waals surface area contributed by atoms with Gasteiger partial charge < -0.3 is 18.9 Å². The predicted octanol–water partition coefficient (Wildman–Crippen LogP) is 7.64. The van der Waals surface area contributed by atoms with Gasteiger partial charge in [-0.1, -0.05) is 71.4 Å². The topological polar surface area (TPSA) is 105 Å². The Hall–Kier alpha value is -3.75. The Kier molecular flexibility index (Phi) is 15.2. The molecule has 0 unspecified atom stereocenters. The fourth-order valence-electron chi connectivity index (χ4n) is 3.88. The van der Waals surface area contributed by atoms with E-state index in [2.05, 4.69) is 0 Å². The fraction of sp³-hybridized carbons (Fsp3) is 0.500. The van der Waals surface area contributed by atoms with E-state index >= 15 is 0 Å². The summed E-state index contributed by atoms with van der Waals surface area (Å²) < 4.78 is 35.5. The average Bonchev–Trinajstić information content (AvgIpc) is 2.93. The molecule has 0 aliphatic heterocycles. The van der Waals surface area contributed by atoms with Crippen molar-refractivity contribution >= 4 is 23.9 Å². The second kappa shape index (κ2) is 18.6. The number of hydrogen-bond acceptors (Lipinski definition) is 8. The van der Waals surface area contributed by atoms with Gasteiger partial charge in [-0.15, -0.1) is 0 Å². The minimum atomic E-state index is -0.832. The molecule has 0 fully saturated rings. The van der Waals surface area contributed by atoms with Crippen molar-refractivity contribution < 1.29 is 42.5 Å². The van der Waals surface area contributed by atoms with Crippen molar-refractivity contribution in [2.75, 3.05) is 0 Å². The normalized spacial score (nSPS) is 10.6. The maximum absolute atomic E-state index is 13.6. The number of carbonyl (C=O) groups excluding carboxylic acids is 4. The Labute approximate surface area is 241 Å². The lowest BCUT2D eigenvalue weighted by Gasteiger charge is -2.16. The third-order valence-electron chi connectivity index (χ3n) is 6.13. The molecule has 2 aromatic rings. The molecule has 0 amide bonds. The number of hydrogen-bond donors (Lipinski definition) is 0. The highest BCUT2D eigenvalue weighted by Gasteiger charge is 2.25. The smallest absolute Gasteiger partial charge is 0.338 e. The van der Waals surface area contributed by atoms with E-state index in [-0.39, 0.29) is 48.7 Å². The summed E-state index contributed by atoms with van der Waals surface area (Å²) >= 11 is 0. The van der Waals surface area contributed by atoms with Gasteiger partial charge in [-0.05, 0) is 49.1 Å². The van der Waals surface area contributed by atoms with Crippen LogP contribution < -0.4 is 14.2 Å². The van der Waals surface area contributed by atoms with E-state index in [1.807, 2.05) is 20.8 Å². The zero-order valence-electron chi connectivity index (χ0n) is 24.3. The van der Waals surface area contributed by atoms with Gasteiger partial charge in [0.1, 0.15) is 12.4 Å². The molecule has 0 saturated heterocycles. The quantitative estimate of drug-likeness (QED) is 0.102. The first-order valence-electron chi connectivity index (χ1n) is 14.5. The molecule has 0 radical (unpaired) electrons. The molecule has 2 aromatic carbocycles. The van der Waals surface area contributed by atoms with Crippen LogP contribution in [0.15, 0.2) is 36.4 Å². The second-order valence-electron chi connectivity index (χ2n) is 9.80. The number of ether oxygens (including phenoxy) is 4. The van der Waals surface area contributed by atoms with Gasteiger partial charge in [0.05, 0.1) is 5.56 Å². The lowest BCUT2D eigenvalue weighted by molar-refractivity contribution is -0.138. The van der Waals surface area contributed by atoms with Crippen LogP contribution in [0.3, 0.4) is 0 Å². The van der Waals surface area contributed by atoms with Crippen LogP contribution >= 0.6 is 0 Å². The van der Waals surface area contributed by atoms with Crippen LogP contribution in [-0.2, 0) is 25.7 Å². The third kappa shape index (κ3) is 12.5. The van der Waals surface area contributed by atoms with E-state index in [1.54, 1.807) is 6.07 Å². The molecule has 0 atom stereocenters. The van der Waals surface area contributed by atoms with Crippen LogP contribution in [0, 0.1) is 5.82 Å². The number of esters is 4. The van der Waals surface area contributed by atoms with Gasteiger partial charge >= 0.3 is 23.9 Å². The fourth-order valence-corrected chi connectivity index (χ4v) is 3.88. The van der Waals surface area contributed by atoms with Gasteiger partial charge in [0.15, 0.2) is 11.5 Å². The molecule has 0 heterocycles. The Morgan fingerprint density at radius 2 is 1.15 bits per heavy atom. The van der Waals surface area contributed by atoms with Crippen molar-refractivity contribution in [1.82, 2.24) is 0 Å². The first-order valence-corrected chi connectivity index (χ1v) is 14.5. The van der Waals surface area contributed by atoms with E-state index in [0.717, 1.165) is 38.5 Å². The largest absolute Gasteiger partial charge is 0.457 e. The molecule has 0 saturated carbocycles.